The van der Waals surface area contributed by atoms with Gasteiger partial charge in [0.25, 0.3) is 5.56 Å². The molecule has 0 atom stereocenters. The van der Waals surface area contributed by atoms with Crippen LogP contribution in [-0.4, -0.2) is 14.7 Å². The fourth-order valence-corrected chi connectivity index (χ4v) is 4.18. The van der Waals surface area contributed by atoms with Gasteiger partial charge in [-0.25, -0.2) is 9.36 Å². The van der Waals surface area contributed by atoms with Gasteiger partial charge in [-0.05, 0) is 50.9 Å². The molecule has 19 heavy (non-hydrogen) atoms. The summed E-state index contributed by atoms with van der Waals surface area (Å²) in [5.41, 5.74) is -0.841. The molecule has 1 aromatic carbocycles. The van der Waals surface area contributed by atoms with E-state index in [1.54, 1.807) is 12.1 Å². The molecule has 0 aliphatic rings. The van der Waals surface area contributed by atoms with Crippen molar-refractivity contribution in [3.05, 3.63) is 52.0 Å². The highest BCUT2D eigenvalue weighted by atomic mass is 79.9. The summed E-state index contributed by atoms with van der Waals surface area (Å²) in [6.45, 7) is 1.44. The van der Waals surface area contributed by atoms with Gasteiger partial charge in [-0.15, -0.1) is 0 Å². The first-order valence-electron chi connectivity index (χ1n) is 5.02. The van der Waals surface area contributed by atoms with Gasteiger partial charge in [0.15, 0.2) is 0 Å². The van der Waals surface area contributed by atoms with E-state index in [2.05, 4.69) is 52.8 Å². The zero-order valence-corrected chi connectivity index (χ0v) is 14.3. The second-order valence-electron chi connectivity index (χ2n) is 3.76. The summed E-state index contributed by atoms with van der Waals surface area (Å²) >= 11 is 9.96. The number of aromatic nitrogens is 2. The molecule has 0 radical (unpaired) electrons. The first kappa shape index (κ1) is 14.5. The molecule has 0 amide bonds. The number of nitrogens with zero attached hydrogens (tertiary/aromatic N) is 1. The Morgan fingerprint density at radius 1 is 1.16 bits per heavy atom. The highest BCUT2D eigenvalue weighted by Crippen LogP contribution is 2.33. The zero-order valence-electron chi connectivity index (χ0n) is 9.50. The molecular formula is C11H7Br3N2O3. The van der Waals surface area contributed by atoms with Crippen molar-refractivity contribution < 1.29 is 5.11 Å². The van der Waals surface area contributed by atoms with Crippen molar-refractivity contribution in [3.63, 3.8) is 0 Å². The highest BCUT2D eigenvalue weighted by Gasteiger charge is 2.17. The fourth-order valence-electron chi connectivity index (χ4n) is 1.57. The van der Waals surface area contributed by atoms with E-state index in [1.807, 2.05) is 0 Å². The Labute approximate surface area is 132 Å². The minimum absolute atomic E-state index is 0.0707. The second kappa shape index (κ2) is 5.26. The SMILES string of the molecule is Cc1c(O)n(-c2c(Br)cc(Br)cc2Br)c(=O)[nH]c1=O. The van der Waals surface area contributed by atoms with Crippen LogP contribution in [0.15, 0.2) is 35.1 Å². The smallest absolute Gasteiger partial charge is 0.335 e. The summed E-state index contributed by atoms with van der Waals surface area (Å²) in [5, 5.41) is 10.0. The van der Waals surface area contributed by atoms with E-state index in [-0.39, 0.29) is 5.56 Å². The number of hydrogen-bond donors (Lipinski definition) is 2. The number of aromatic amines is 1. The van der Waals surface area contributed by atoms with E-state index in [0.29, 0.717) is 14.6 Å². The summed E-state index contributed by atoms with van der Waals surface area (Å²) in [6.07, 6.45) is 0. The molecule has 0 unspecified atom stereocenters. The normalized spacial score (nSPS) is 10.7. The van der Waals surface area contributed by atoms with Crippen LogP contribution in [0.3, 0.4) is 0 Å². The molecule has 0 saturated heterocycles. The van der Waals surface area contributed by atoms with Crippen molar-refractivity contribution in [3.8, 4) is 11.6 Å². The summed E-state index contributed by atoms with van der Waals surface area (Å²) < 4.78 is 2.98. The first-order chi connectivity index (χ1) is 8.82. The van der Waals surface area contributed by atoms with E-state index in [9.17, 15) is 14.7 Å². The van der Waals surface area contributed by atoms with Crippen molar-refractivity contribution in [2.24, 2.45) is 0 Å². The molecule has 1 heterocycles. The van der Waals surface area contributed by atoms with E-state index in [0.717, 1.165) is 9.04 Å². The van der Waals surface area contributed by atoms with Crippen molar-refractivity contribution >= 4 is 47.8 Å². The monoisotopic (exact) mass is 452 g/mol. The minimum Gasteiger partial charge on any atom is -0.494 e. The second-order valence-corrected chi connectivity index (χ2v) is 6.39. The molecule has 5 nitrogen and oxygen atoms in total. The lowest BCUT2D eigenvalue weighted by Crippen LogP contribution is -2.30. The lowest BCUT2D eigenvalue weighted by Gasteiger charge is -2.13. The van der Waals surface area contributed by atoms with Gasteiger partial charge < -0.3 is 5.11 Å². The summed E-state index contributed by atoms with van der Waals surface area (Å²) in [5.74, 6) is -0.391. The van der Waals surface area contributed by atoms with Gasteiger partial charge in [-0.2, -0.15) is 0 Å². The van der Waals surface area contributed by atoms with E-state index < -0.39 is 17.1 Å². The van der Waals surface area contributed by atoms with Crippen molar-refractivity contribution in [2.45, 2.75) is 6.92 Å². The summed E-state index contributed by atoms with van der Waals surface area (Å²) in [7, 11) is 0. The van der Waals surface area contributed by atoms with Gasteiger partial charge in [0.2, 0.25) is 5.88 Å². The van der Waals surface area contributed by atoms with Crippen LogP contribution >= 0.6 is 47.8 Å². The van der Waals surface area contributed by atoms with Gasteiger partial charge in [0.1, 0.15) is 0 Å². The molecule has 0 bridgehead atoms. The van der Waals surface area contributed by atoms with Gasteiger partial charge in [0.05, 0.1) is 11.3 Å². The molecule has 8 heteroatoms. The van der Waals surface area contributed by atoms with Gasteiger partial charge in [-0.3, -0.25) is 9.78 Å². The zero-order chi connectivity index (χ0) is 14.3. The van der Waals surface area contributed by atoms with E-state index in [1.165, 1.54) is 6.92 Å². The van der Waals surface area contributed by atoms with Crippen LogP contribution in [0.1, 0.15) is 5.56 Å². The molecule has 0 fully saturated rings. The van der Waals surface area contributed by atoms with Crippen LogP contribution in [0, 0.1) is 6.92 Å². The van der Waals surface area contributed by atoms with Crippen molar-refractivity contribution in [1.82, 2.24) is 9.55 Å². The third-order valence-electron chi connectivity index (χ3n) is 2.52. The first-order valence-corrected chi connectivity index (χ1v) is 7.40. The molecule has 0 aliphatic heterocycles. The summed E-state index contributed by atoms with van der Waals surface area (Å²) in [6, 6.07) is 3.46. The minimum atomic E-state index is -0.711. The number of hydrogen-bond acceptors (Lipinski definition) is 3. The number of H-pyrrole nitrogens is 1. The number of benzene rings is 1. The van der Waals surface area contributed by atoms with Gasteiger partial charge >= 0.3 is 5.69 Å². The Balaban J connectivity index is 2.92. The van der Waals surface area contributed by atoms with Crippen LogP contribution in [0.4, 0.5) is 0 Å². The maximum absolute atomic E-state index is 11.9. The van der Waals surface area contributed by atoms with Crippen LogP contribution < -0.4 is 11.2 Å². The van der Waals surface area contributed by atoms with Gasteiger partial charge in [0, 0.05) is 13.4 Å². The quantitative estimate of drug-likeness (QED) is 0.695. The molecule has 0 aliphatic carbocycles. The number of aromatic hydroxyl groups is 1. The highest BCUT2D eigenvalue weighted by molar-refractivity contribution is 9.11. The molecule has 2 N–H and O–H groups in total. The Morgan fingerprint density at radius 3 is 2.21 bits per heavy atom. The summed E-state index contributed by atoms with van der Waals surface area (Å²) in [4.78, 5) is 25.5. The number of nitrogens with one attached hydrogen (secondary N) is 1. The average Bonchev–Trinajstić information content (AvgIpc) is 2.29. The van der Waals surface area contributed by atoms with Crippen LogP contribution in [0.25, 0.3) is 5.69 Å². The molecule has 100 valence electrons. The molecular weight excluding hydrogens is 448 g/mol. The lowest BCUT2D eigenvalue weighted by molar-refractivity contribution is 0.425. The molecule has 2 aromatic rings. The van der Waals surface area contributed by atoms with Crippen molar-refractivity contribution in [2.75, 3.05) is 0 Å². The van der Waals surface area contributed by atoms with Gasteiger partial charge in [-0.1, -0.05) is 15.9 Å². The maximum atomic E-state index is 11.9. The molecule has 0 saturated carbocycles. The standard InChI is InChI=1S/C11H7Br3N2O3/c1-4-9(17)15-11(19)16(10(4)18)8-6(13)2-5(12)3-7(8)14/h2-3,18H,1H3,(H,15,17,19). The van der Waals surface area contributed by atoms with Crippen molar-refractivity contribution in [1.29, 1.82) is 0 Å². The Kier molecular flexibility index (Phi) is 4.03. The Hall–Kier alpha value is -0.860. The number of rotatable bonds is 1. The molecule has 1 aromatic heterocycles. The Morgan fingerprint density at radius 2 is 1.68 bits per heavy atom. The maximum Gasteiger partial charge on any atom is 0.335 e. The molecule has 2 rings (SSSR count). The van der Waals surface area contributed by atoms with E-state index in [4.69, 9.17) is 0 Å². The predicted molar refractivity (Wildman–Crippen MR) is 82.2 cm³/mol. The molecule has 0 spiro atoms. The topological polar surface area (TPSA) is 75.1 Å². The van der Waals surface area contributed by atoms with Crippen LogP contribution in [0.5, 0.6) is 5.88 Å². The fraction of sp³-hybridized carbons (Fsp3) is 0.0909. The van der Waals surface area contributed by atoms with Crippen LogP contribution in [0.2, 0.25) is 0 Å². The Bertz CT molecular complexity index is 757. The lowest BCUT2D eigenvalue weighted by atomic mass is 10.3. The van der Waals surface area contributed by atoms with Crippen LogP contribution in [-0.2, 0) is 0 Å². The van der Waals surface area contributed by atoms with E-state index >= 15 is 0 Å². The number of halogens is 3. The third-order valence-corrected chi connectivity index (χ3v) is 4.18. The largest absolute Gasteiger partial charge is 0.494 e. The average molecular weight is 455 g/mol. The predicted octanol–water partition coefficient (Wildman–Crippen LogP) is 2.83. The third kappa shape index (κ3) is 2.56.